The second-order valence-electron chi connectivity index (χ2n) is 5.41. The Bertz CT molecular complexity index is 344. The Labute approximate surface area is 92.1 Å². The van der Waals surface area contributed by atoms with Crippen LogP contribution in [0.15, 0.2) is 18.2 Å². The van der Waals surface area contributed by atoms with Gasteiger partial charge in [0.1, 0.15) is 5.82 Å². The second-order valence-corrected chi connectivity index (χ2v) is 5.41. The summed E-state index contributed by atoms with van der Waals surface area (Å²) in [7, 11) is 0. The average molecular weight is 204 g/mol. The molecule has 2 heteroatoms. The van der Waals surface area contributed by atoms with E-state index in [4.69, 9.17) is 0 Å². The molecule has 1 aliphatic carbocycles. The molecule has 0 saturated heterocycles. The third-order valence-electron chi connectivity index (χ3n) is 3.21. The van der Waals surface area contributed by atoms with E-state index in [1.54, 1.807) is 0 Å². The highest BCUT2D eigenvalue weighted by Crippen LogP contribution is 2.37. The molecule has 1 aliphatic rings. The van der Waals surface area contributed by atoms with E-state index in [1.807, 2.05) is 13.0 Å². The van der Waals surface area contributed by atoms with Crippen molar-refractivity contribution >= 4 is 5.82 Å². The van der Waals surface area contributed by atoms with Gasteiger partial charge in [-0.05, 0) is 43.7 Å². The summed E-state index contributed by atoms with van der Waals surface area (Å²) in [6.45, 7) is 6.72. The molecule has 1 aromatic rings. The minimum atomic E-state index is 0.501. The maximum Gasteiger partial charge on any atom is 0.126 e. The van der Waals surface area contributed by atoms with Crippen molar-refractivity contribution in [1.82, 2.24) is 4.98 Å². The van der Waals surface area contributed by atoms with Gasteiger partial charge in [0.05, 0.1) is 0 Å². The van der Waals surface area contributed by atoms with Crippen molar-refractivity contribution < 1.29 is 0 Å². The first-order valence-electron chi connectivity index (χ1n) is 5.75. The van der Waals surface area contributed by atoms with Crippen LogP contribution < -0.4 is 5.32 Å². The topological polar surface area (TPSA) is 24.9 Å². The van der Waals surface area contributed by atoms with Gasteiger partial charge in [0.2, 0.25) is 0 Å². The van der Waals surface area contributed by atoms with Crippen molar-refractivity contribution in [1.29, 1.82) is 0 Å². The van der Waals surface area contributed by atoms with Crippen LogP contribution >= 0.6 is 0 Å². The molecule has 0 bridgehead atoms. The van der Waals surface area contributed by atoms with Crippen molar-refractivity contribution in [3.8, 4) is 0 Å². The Morgan fingerprint density at radius 1 is 1.40 bits per heavy atom. The first-order chi connectivity index (χ1) is 7.05. The fourth-order valence-corrected chi connectivity index (χ4v) is 2.39. The summed E-state index contributed by atoms with van der Waals surface area (Å²) < 4.78 is 0. The fraction of sp³-hybridized carbons (Fsp3) is 0.615. The standard InChI is InChI=1S/C13H20N2/c1-10-5-4-6-12(14-10)15-11-7-8-13(2,3)9-11/h4-6,11H,7-9H2,1-3H3,(H,14,15). The summed E-state index contributed by atoms with van der Waals surface area (Å²) in [5.74, 6) is 1.03. The summed E-state index contributed by atoms with van der Waals surface area (Å²) >= 11 is 0. The van der Waals surface area contributed by atoms with Crippen LogP contribution in [0.1, 0.15) is 38.8 Å². The second kappa shape index (κ2) is 3.84. The Morgan fingerprint density at radius 3 is 2.80 bits per heavy atom. The lowest BCUT2D eigenvalue weighted by Crippen LogP contribution is -2.18. The number of rotatable bonds is 2. The van der Waals surface area contributed by atoms with E-state index in [-0.39, 0.29) is 0 Å². The average Bonchev–Trinajstić information content (AvgIpc) is 2.45. The summed E-state index contributed by atoms with van der Waals surface area (Å²) in [4.78, 5) is 4.47. The number of nitrogens with zero attached hydrogens (tertiary/aromatic N) is 1. The highest BCUT2D eigenvalue weighted by atomic mass is 15.0. The Morgan fingerprint density at radius 2 is 2.20 bits per heavy atom. The predicted molar refractivity (Wildman–Crippen MR) is 64.0 cm³/mol. The number of pyridine rings is 1. The third-order valence-corrected chi connectivity index (χ3v) is 3.21. The third kappa shape index (κ3) is 2.71. The van der Waals surface area contributed by atoms with E-state index in [0.29, 0.717) is 11.5 Å². The van der Waals surface area contributed by atoms with Crippen molar-refractivity contribution in [2.75, 3.05) is 5.32 Å². The molecular formula is C13H20N2. The van der Waals surface area contributed by atoms with Crippen molar-refractivity contribution in [2.24, 2.45) is 5.41 Å². The first-order valence-corrected chi connectivity index (χ1v) is 5.75. The number of aryl methyl sites for hydroxylation is 1. The smallest absolute Gasteiger partial charge is 0.126 e. The molecule has 82 valence electrons. The zero-order valence-electron chi connectivity index (χ0n) is 9.88. The Kier molecular flexibility index (Phi) is 2.68. The monoisotopic (exact) mass is 204 g/mol. The molecule has 2 nitrogen and oxygen atoms in total. The molecule has 1 saturated carbocycles. The zero-order valence-corrected chi connectivity index (χ0v) is 9.88. The lowest BCUT2D eigenvalue weighted by Gasteiger charge is -2.18. The minimum Gasteiger partial charge on any atom is -0.367 e. The molecule has 0 spiro atoms. The molecule has 0 aliphatic heterocycles. The molecule has 15 heavy (non-hydrogen) atoms. The number of hydrogen-bond acceptors (Lipinski definition) is 2. The lowest BCUT2D eigenvalue weighted by molar-refractivity contribution is 0.378. The van der Waals surface area contributed by atoms with Crippen LogP contribution in [0.4, 0.5) is 5.82 Å². The van der Waals surface area contributed by atoms with E-state index >= 15 is 0 Å². The number of hydrogen-bond donors (Lipinski definition) is 1. The Hall–Kier alpha value is -1.05. The molecule has 2 rings (SSSR count). The number of aromatic nitrogens is 1. The van der Waals surface area contributed by atoms with Gasteiger partial charge in [-0.3, -0.25) is 0 Å². The summed E-state index contributed by atoms with van der Waals surface area (Å²) in [6, 6.07) is 6.75. The van der Waals surface area contributed by atoms with Crippen molar-refractivity contribution in [2.45, 2.75) is 46.1 Å². The van der Waals surface area contributed by atoms with Crippen LogP contribution in [0.5, 0.6) is 0 Å². The van der Waals surface area contributed by atoms with Gasteiger partial charge in [-0.25, -0.2) is 4.98 Å². The maximum atomic E-state index is 4.47. The minimum absolute atomic E-state index is 0.501. The Balaban J connectivity index is 1.99. The van der Waals surface area contributed by atoms with E-state index < -0.39 is 0 Å². The van der Waals surface area contributed by atoms with Gasteiger partial charge >= 0.3 is 0 Å². The number of nitrogens with one attached hydrogen (secondary N) is 1. The van der Waals surface area contributed by atoms with Crippen LogP contribution in [-0.4, -0.2) is 11.0 Å². The van der Waals surface area contributed by atoms with Gasteiger partial charge in [0.25, 0.3) is 0 Å². The van der Waals surface area contributed by atoms with Crippen LogP contribution in [0.3, 0.4) is 0 Å². The first kappa shape index (κ1) is 10.5. The molecule has 0 radical (unpaired) electrons. The van der Waals surface area contributed by atoms with E-state index in [2.05, 4.69) is 36.3 Å². The predicted octanol–water partition coefficient (Wildman–Crippen LogP) is 3.38. The molecule has 0 aromatic carbocycles. The molecule has 1 unspecified atom stereocenters. The van der Waals surface area contributed by atoms with Gasteiger partial charge in [0.15, 0.2) is 0 Å². The highest BCUT2D eigenvalue weighted by molar-refractivity contribution is 5.36. The highest BCUT2D eigenvalue weighted by Gasteiger charge is 2.30. The quantitative estimate of drug-likeness (QED) is 0.798. The molecule has 1 aromatic heterocycles. The maximum absolute atomic E-state index is 4.47. The largest absolute Gasteiger partial charge is 0.367 e. The SMILES string of the molecule is Cc1cccc(NC2CCC(C)(C)C2)n1. The van der Waals surface area contributed by atoms with Crippen LogP contribution in [-0.2, 0) is 0 Å². The van der Waals surface area contributed by atoms with E-state index in [1.165, 1.54) is 19.3 Å². The van der Waals surface area contributed by atoms with E-state index in [0.717, 1.165) is 11.5 Å². The van der Waals surface area contributed by atoms with Crippen LogP contribution in [0, 0.1) is 12.3 Å². The van der Waals surface area contributed by atoms with Crippen molar-refractivity contribution in [3.63, 3.8) is 0 Å². The normalized spacial score (nSPS) is 24.1. The molecule has 1 heterocycles. The zero-order chi connectivity index (χ0) is 10.9. The van der Waals surface area contributed by atoms with Gasteiger partial charge in [-0.2, -0.15) is 0 Å². The molecule has 1 atom stereocenters. The van der Waals surface area contributed by atoms with E-state index in [9.17, 15) is 0 Å². The molecule has 1 fully saturated rings. The molecular weight excluding hydrogens is 184 g/mol. The summed E-state index contributed by atoms with van der Waals surface area (Å²) in [5.41, 5.74) is 1.58. The molecule has 0 amide bonds. The fourth-order valence-electron chi connectivity index (χ4n) is 2.39. The number of anilines is 1. The van der Waals surface area contributed by atoms with Crippen LogP contribution in [0.25, 0.3) is 0 Å². The molecule has 1 N–H and O–H groups in total. The van der Waals surface area contributed by atoms with Gasteiger partial charge < -0.3 is 5.32 Å². The van der Waals surface area contributed by atoms with Crippen molar-refractivity contribution in [3.05, 3.63) is 23.9 Å². The lowest BCUT2D eigenvalue weighted by atomic mass is 9.92. The van der Waals surface area contributed by atoms with Crippen LogP contribution in [0.2, 0.25) is 0 Å². The van der Waals surface area contributed by atoms with Gasteiger partial charge in [-0.15, -0.1) is 0 Å². The van der Waals surface area contributed by atoms with Gasteiger partial charge in [0, 0.05) is 11.7 Å². The summed E-state index contributed by atoms with van der Waals surface area (Å²) in [6.07, 6.45) is 3.84. The summed E-state index contributed by atoms with van der Waals surface area (Å²) in [5, 5.41) is 3.53. The van der Waals surface area contributed by atoms with Gasteiger partial charge in [-0.1, -0.05) is 19.9 Å².